The van der Waals surface area contributed by atoms with Crippen LogP contribution in [0.15, 0.2) is 41.0 Å². The van der Waals surface area contributed by atoms with E-state index in [1.807, 2.05) is 25.1 Å². The Balaban J connectivity index is 1.98. The first kappa shape index (κ1) is 16.5. The molecule has 4 nitrogen and oxygen atoms in total. The van der Waals surface area contributed by atoms with E-state index in [4.69, 9.17) is 0 Å². The molecule has 22 heavy (non-hydrogen) atoms. The van der Waals surface area contributed by atoms with Crippen LogP contribution in [0.4, 0.5) is 17.2 Å². The van der Waals surface area contributed by atoms with Gasteiger partial charge >= 0.3 is 0 Å². The molecule has 1 heterocycles. The summed E-state index contributed by atoms with van der Waals surface area (Å²) in [6.07, 6.45) is 4.15. The van der Waals surface area contributed by atoms with Crippen molar-refractivity contribution in [1.82, 2.24) is 4.98 Å². The van der Waals surface area contributed by atoms with E-state index in [-0.39, 0.29) is 5.91 Å². The molecule has 0 saturated heterocycles. The van der Waals surface area contributed by atoms with Gasteiger partial charge in [-0.05, 0) is 59.1 Å². The molecule has 2 aromatic rings. The number of pyridine rings is 1. The maximum Gasteiger partial charge on any atom is 0.225 e. The Morgan fingerprint density at radius 2 is 2.09 bits per heavy atom. The molecule has 116 valence electrons. The first-order chi connectivity index (χ1) is 10.6. The standard InChI is InChI=1S/C17H20BrN3O/c1-3-4-5-17(22)21-16-9-7-13(11-19-16)20-15-8-6-12(2)10-14(15)18/h6-11,20H,3-5H2,1-2H3,(H,19,21,22). The number of benzene rings is 1. The summed E-state index contributed by atoms with van der Waals surface area (Å²) < 4.78 is 1.00. The van der Waals surface area contributed by atoms with Crippen molar-refractivity contribution in [2.45, 2.75) is 33.1 Å². The van der Waals surface area contributed by atoms with E-state index in [2.05, 4.69) is 44.5 Å². The van der Waals surface area contributed by atoms with E-state index < -0.39 is 0 Å². The molecule has 0 bridgehead atoms. The Hall–Kier alpha value is -1.88. The van der Waals surface area contributed by atoms with Crippen LogP contribution < -0.4 is 10.6 Å². The number of carbonyl (C=O) groups excluding carboxylic acids is 1. The number of carbonyl (C=O) groups is 1. The lowest BCUT2D eigenvalue weighted by Gasteiger charge is -2.10. The van der Waals surface area contributed by atoms with Gasteiger partial charge in [-0.25, -0.2) is 4.98 Å². The topological polar surface area (TPSA) is 54.0 Å². The van der Waals surface area contributed by atoms with E-state index in [0.717, 1.165) is 28.7 Å². The van der Waals surface area contributed by atoms with Crippen LogP contribution in [-0.2, 0) is 4.79 Å². The number of hydrogen-bond donors (Lipinski definition) is 2. The van der Waals surface area contributed by atoms with Gasteiger partial charge in [0.25, 0.3) is 0 Å². The van der Waals surface area contributed by atoms with E-state index in [9.17, 15) is 4.79 Å². The van der Waals surface area contributed by atoms with Crippen molar-refractivity contribution in [3.63, 3.8) is 0 Å². The number of aryl methyl sites for hydroxylation is 1. The van der Waals surface area contributed by atoms with Crippen LogP contribution in [0.25, 0.3) is 0 Å². The summed E-state index contributed by atoms with van der Waals surface area (Å²) in [5.41, 5.74) is 3.05. The SMILES string of the molecule is CCCCC(=O)Nc1ccc(Nc2ccc(C)cc2Br)cn1. The van der Waals surface area contributed by atoms with Crippen LogP contribution in [0.1, 0.15) is 31.7 Å². The second-order valence-electron chi connectivity index (χ2n) is 5.19. The quantitative estimate of drug-likeness (QED) is 0.758. The Morgan fingerprint density at radius 1 is 1.27 bits per heavy atom. The van der Waals surface area contributed by atoms with Crippen LogP contribution in [0.2, 0.25) is 0 Å². The maximum atomic E-state index is 11.7. The lowest BCUT2D eigenvalue weighted by Crippen LogP contribution is -2.12. The third-order valence-electron chi connectivity index (χ3n) is 3.19. The summed E-state index contributed by atoms with van der Waals surface area (Å²) in [5.74, 6) is 0.589. The van der Waals surface area contributed by atoms with Gasteiger partial charge in [-0.1, -0.05) is 19.4 Å². The molecule has 5 heteroatoms. The predicted molar refractivity (Wildman–Crippen MR) is 94.6 cm³/mol. The summed E-state index contributed by atoms with van der Waals surface area (Å²) in [7, 11) is 0. The first-order valence-corrected chi connectivity index (χ1v) is 8.17. The fourth-order valence-corrected chi connectivity index (χ4v) is 2.55. The largest absolute Gasteiger partial charge is 0.353 e. The molecule has 0 fully saturated rings. The normalized spacial score (nSPS) is 10.3. The zero-order valence-electron chi connectivity index (χ0n) is 12.8. The van der Waals surface area contributed by atoms with Crippen molar-refractivity contribution in [3.05, 3.63) is 46.6 Å². The van der Waals surface area contributed by atoms with Crippen molar-refractivity contribution in [2.24, 2.45) is 0 Å². The van der Waals surface area contributed by atoms with Gasteiger partial charge in [-0.2, -0.15) is 0 Å². The lowest BCUT2D eigenvalue weighted by molar-refractivity contribution is -0.116. The summed E-state index contributed by atoms with van der Waals surface area (Å²) in [4.78, 5) is 15.9. The van der Waals surface area contributed by atoms with Crippen LogP contribution in [0, 0.1) is 6.92 Å². The monoisotopic (exact) mass is 361 g/mol. The van der Waals surface area contributed by atoms with Crippen molar-refractivity contribution in [1.29, 1.82) is 0 Å². The molecule has 0 aliphatic rings. The maximum absolute atomic E-state index is 11.7. The average molecular weight is 362 g/mol. The number of nitrogens with one attached hydrogen (secondary N) is 2. The van der Waals surface area contributed by atoms with Gasteiger partial charge in [0.1, 0.15) is 5.82 Å². The van der Waals surface area contributed by atoms with Crippen molar-refractivity contribution in [2.75, 3.05) is 10.6 Å². The number of nitrogens with zero attached hydrogens (tertiary/aromatic N) is 1. The predicted octanol–water partition coefficient (Wildman–Crippen LogP) is 5.02. The minimum absolute atomic E-state index is 0.0105. The molecule has 0 aliphatic carbocycles. The Labute approximate surface area is 139 Å². The van der Waals surface area contributed by atoms with Crippen LogP contribution in [0.5, 0.6) is 0 Å². The molecule has 0 atom stereocenters. The molecule has 1 aromatic carbocycles. The summed E-state index contributed by atoms with van der Waals surface area (Å²) in [6.45, 7) is 4.11. The Morgan fingerprint density at radius 3 is 2.73 bits per heavy atom. The molecule has 1 aromatic heterocycles. The fraction of sp³-hybridized carbons (Fsp3) is 0.294. The van der Waals surface area contributed by atoms with Crippen LogP contribution >= 0.6 is 15.9 Å². The van der Waals surface area contributed by atoms with Gasteiger partial charge < -0.3 is 10.6 Å². The second-order valence-corrected chi connectivity index (χ2v) is 6.05. The number of hydrogen-bond acceptors (Lipinski definition) is 3. The Kier molecular flexibility index (Phi) is 5.95. The highest BCUT2D eigenvalue weighted by molar-refractivity contribution is 9.10. The van der Waals surface area contributed by atoms with E-state index in [0.29, 0.717) is 12.2 Å². The molecular weight excluding hydrogens is 342 g/mol. The highest BCUT2D eigenvalue weighted by atomic mass is 79.9. The van der Waals surface area contributed by atoms with Crippen LogP contribution in [-0.4, -0.2) is 10.9 Å². The van der Waals surface area contributed by atoms with Gasteiger partial charge in [0.2, 0.25) is 5.91 Å². The molecule has 0 spiro atoms. The summed E-state index contributed by atoms with van der Waals surface area (Å²) in [6, 6.07) is 9.81. The molecule has 0 aliphatic heterocycles. The first-order valence-electron chi connectivity index (χ1n) is 7.37. The van der Waals surface area contributed by atoms with Gasteiger partial charge in [-0.15, -0.1) is 0 Å². The van der Waals surface area contributed by atoms with E-state index in [1.165, 1.54) is 5.56 Å². The molecule has 0 saturated carbocycles. The fourth-order valence-electron chi connectivity index (χ4n) is 1.96. The van der Waals surface area contributed by atoms with Crippen LogP contribution in [0.3, 0.4) is 0 Å². The second kappa shape index (κ2) is 7.94. The number of aromatic nitrogens is 1. The zero-order valence-corrected chi connectivity index (χ0v) is 14.4. The van der Waals surface area contributed by atoms with Gasteiger partial charge in [0.05, 0.1) is 17.6 Å². The smallest absolute Gasteiger partial charge is 0.225 e. The molecule has 2 rings (SSSR count). The van der Waals surface area contributed by atoms with Gasteiger partial charge in [0, 0.05) is 10.9 Å². The Bertz CT molecular complexity index is 641. The molecule has 0 radical (unpaired) electrons. The summed E-state index contributed by atoms with van der Waals surface area (Å²) >= 11 is 3.54. The van der Waals surface area contributed by atoms with Crippen molar-refractivity contribution < 1.29 is 4.79 Å². The van der Waals surface area contributed by atoms with Crippen molar-refractivity contribution in [3.8, 4) is 0 Å². The highest BCUT2D eigenvalue weighted by Gasteiger charge is 2.04. The van der Waals surface area contributed by atoms with Gasteiger partial charge in [0.15, 0.2) is 0 Å². The minimum Gasteiger partial charge on any atom is -0.353 e. The third-order valence-corrected chi connectivity index (χ3v) is 3.85. The number of anilines is 3. The van der Waals surface area contributed by atoms with Crippen molar-refractivity contribution >= 4 is 39.0 Å². The van der Waals surface area contributed by atoms with E-state index >= 15 is 0 Å². The van der Waals surface area contributed by atoms with Gasteiger partial charge in [-0.3, -0.25) is 4.79 Å². The number of halogens is 1. The number of amides is 1. The summed E-state index contributed by atoms with van der Waals surface area (Å²) in [5, 5.41) is 6.09. The molecular formula is C17H20BrN3O. The average Bonchev–Trinajstić information content (AvgIpc) is 2.50. The minimum atomic E-state index is 0.0105. The zero-order chi connectivity index (χ0) is 15.9. The van der Waals surface area contributed by atoms with E-state index in [1.54, 1.807) is 12.3 Å². The molecule has 2 N–H and O–H groups in total. The number of unbranched alkanes of at least 4 members (excludes halogenated alkanes) is 1. The number of rotatable bonds is 6. The molecule has 1 amide bonds. The third kappa shape index (κ3) is 4.84. The highest BCUT2D eigenvalue weighted by Crippen LogP contribution is 2.26. The lowest BCUT2D eigenvalue weighted by atomic mass is 10.2. The molecule has 0 unspecified atom stereocenters.